The topological polar surface area (TPSA) is 71.0 Å². The molecule has 1 spiro atoms. The molecule has 0 aromatic heterocycles. The summed E-state index contributed by atoms with van der Waals surface area (Å²) in [5.41, 5.74) is -0.0248. The number of ether oxygens (including phenoxy) is 1. The summed E-state index contributed by atoms with van der Waals surface area (Å²) in [6, 6.07) is 6.87. The molecule has 1 aliphatic carbocycles. The lowest BCUT2D eigenvalue weighted by Crippen LogP contribution is -2.48. The van der Waals surface area contributed by atoms with Crippen LogP contribution < -0.4 is 10.1 Å². The third-order valence-electron chi connectivity index (χ3n) is 4.30. The molecule has 3 rings (SSSR count). The van der Waals surface area contributed by atoms with Gasteiger partial charge in [-0.05, 0) is 25.0 Å². The van der Waals surface area contributed by atoms with Gasteiger partial charge >= 0.3 is 6.03 Å². The molecule has 6 nitrogen and oxygen atoms in total. The Morgan fingerprint density at radius 3 is 2.68 bits per heavy atom. The van der Waals surface area contributed by atoms with E-state index in [-0.39, 0.29) is 5.91 Å². The van der Waals surface area contributed by atoms with Crippen LogP contribution in [-0.4, -0.2) is 35.8 Å². The summed E-state index contributed by atoms with van der Waals surface area (Å²) in [6.07, 6.45) is 5.89. The number of methoxy groups -OCH3 is 1. The monoisotopic (exact) mass is 301 g/mol. The molecule has 2 fully saturated rings. The van der Waals surface area contributed by atoms with E-state index in [9.17, 15) is 9.59 Å². The lowest BCUT2D eigenvalue weighted by molar-refractivity contribution is -0.132. The minimum absolute atomic E-state index is 0.247. The van der Waals surface area contributed by atoms with Crippen LogP contribution >= 0.6 is 0 Å². The highest BCUT2D eigenvalue weighted by Gasteiger charge is 2.51. The largest absolute Gasteiger partial charge is 0.496 e. The van der Waals surface area contributed by atoms with E-state index in [0.29, 0.717) is 18.6 Å². The van der Waals surface area contributed by atoms with E-state index in [1.54, 1.807) is 13.2 Å². The third-order valence-corrected chi connectivity index (χ3v) is 4.30. The molecule has 0 atom stereocenters. The molecule has 0 radical (unpaired) electrons. The highest BCUT2D eigenvalue weighted by Crippen LogP contribution is 2.33. The van der Waals surface area contributed by atoms with E-state index in [0.717, 1.165) is 29.8 Å². The maximum atomic E-state index is 12.6. The summed E-state index contributed by atoms with van der Waals surface area (Å²) in [4.78, 5) is 24.6. The predicted molar refractivity (Wildman–Crippen MR) is 81.8 cm³/mol. The van der Waals surface area contributed by atoms with Crippen LogP contribution in [0.25, 0.3) is 0 Å². The first-order valence-corrected chi connectivity index (χ1v) is 7.50. The zero-order chi connectivity index (χ0) is 15.6. The number of urea groups is 1. The first-order chi connectivity index (χ1) is 10.7. The normalized spacial score (nSPS) is 20.7. The second kappa shape index (κ2) is 5.79. The molecule has 2 aliphatic rings. The summed E-state index contributed by atoms with van der Waals surface area (Å²) >= 11 is 0. The van der Waals surface area contributed by atoms with Crippen molar-refractivity contribution < 1.29 is 14.3 Å². The van der Waals surface area contributed by atoms with Crippen LogP contribution in [0, 0.1) is 0 Å². The zero-order valence-electron chi connectivity index (χ0n) is 12.5. The fraction of sp³-hybridized carbons (Fsp3) is 0.438. The predicted octanol–water partition coefficient (Wildman–Crippen LogP) is 2.28. The Labute approximate surface area is 129 Å². The van der Waals surface area contributed by atoms with Crippen molar-refractivity contribution in [3.8, 4) is 5.75 Å². The van der Waals surface area contributed by atoms with Crippen LogP contribution in [0.5, 0.6) is 5.75 Å². The van der Waals surface area contributed by atoms with Gasteiger partial charge in [0.2, 0.25) is 0 Å². The van der Waals surface area contributed by atoms with Gasteiger partial charge in [0.05, 0.1) is 13.3 Å². The molecule has 1 aliphatic heterocycles. The molecule has 3 amide bonds. The molecule has 1 aromatic rings. The highest BCUT2D eigenvalue weighted by atomic mass is 16.5. The Morgan fingerprint density at radius 2 is 1.95 bits per heavy atom. The number of nitrogens with zero attached hydrogens (tertiary/aromatic N) is 2. The Bertz CT molecular complexity index is 621. The average Bonchev–Trinajstić information content (AvgIpc) is 2.77. The Balaban J connectivity index is 1.81. The quantitative estimate of drug-likeness (QED) is 0.688. The first-order valence-electron chi connectivity index (χ1n) is 7.50. The maximum absolute atomic E-state index is 12.6. The number of imide groups is 1. The van der Waals surface area contributed by atoms with Gasteiger partial charge in [-0.2, -0.15) is 5.10 Å². The molecular weight excluding hydrogens is 282 g/mol. The number of benzene rings is 1. The number of carbonyl (C=O) groups excluding carboxylic acids is 2. The van der Waals surface area contributed by atoms with Crippen molar-refractivity contribution in [1.29, 1.82) is 0 Å². The number of nitrogens with one attached hydrogen (secondary N) is 1. The van der Waals surface area contributed by atoms with Crippen LogP contribution in [0.4, 0.5) is 4.79 Å². The number of hydrazone groups is 1. The maximum Gasteiger partial charge on any atom is 0.346 e. The van der Waals surface area contributed by atoms with Gasteiger partial charge in [0.15, 0.2) is 0 Å². The standard InChI is InChI=1S/C16H19N3O3/c1-22-13-8-4-3-7-12(13)11-17-19-14(20)16(18-15(19)21)9-5-2-6-10-16/h3-4,7-8,11H,2,5-6,9-10H2,1H3,(H,18,21). The van der Waals surface area contributed by atoms with Crippen molar-refractivity contribution in [3.63, 3.8) is 0 Å². The Hall–Kier alpha value is -2.37. The van der Waals surface area contributed by atoms with Crippen LogP contribution in [0.3, 0.4) is 0 Å². The number of rotatable bonds is 3. The third kappa shape index (κ3) is 2.45. The summed E-state index contributed by atoms with van der Waals surface area (Å²) < 4.78 is 5.23. The first kappa shape index (κ1) is 14.6. The Kier molecular flexibility index (Phi) is 3.83. The van der Waals surface area contributed by atoms with Crippen LogP contribution in [0.15, 0.2) is 29.4 Å². The van der Waals surface area contributed by atoms with Crippen molar-refractivity contribution in [1.82, 2.24) is 10.3 Å². The number of carbonyl (C=O) groups is 2. The minimum Gasteiger partial charge on any atom is -0.496 e. The SMILES string of the molecule is COc1ccccc1C=NN1C(=O)NC2(CCCCC2)C1=O. The summed E-state index contributed by atoms with van der Waals surface area (Å²) in [5.74, 6) is 0.397. The molecule has 6 heteroatoms. The highest BCUT2D eigenvalue weighted by molar-refractivity contribution is 6.07. The number of amides is 3. The second-order valence-electron chi connectivity index (χ2n) is 5.68. The van der Waals surface area contributed by atoms with E-state index in [2.05, 4.69) is 10.4 Å². The number of hydrogen-bond acceptors (Lipinski definition) is 4. The Morgan fingerprint density at radius 1 is 1.23 bits per heavy atom. The van der Waals surface area contributed by atoms with Gasteiger partial charge in [-0.3, -0.25) is 4.79 Å². The minimum atomic E-state index is -0.743. The molecule has 0 unspecified atom stereocenters. The van der Waals surface area contributed by atoms with Crippen molar-refractivity contribution in [2.75, 3.05) is 7.11 Å². The zero-order valence-corrected chi connectivity index (χ0v) is 12.5. The lowest BCUT2D eigenvalue weighted by atomic mass is 9.82. The van der Waals surface area contributed by atoms with Crippen molar-refractivity contribution in [3.05, 3.63) is 29.8 Å². The van der Waals surface area contributed by atoms with E-state index in [4.69, 9.17) is 4.74 Å². The van der Waals surface area contributed by atoms with Crippen LogP contribution in [-0.2, 0) is 4.79 Å². The smallest absolute Gasteiger partial charge is 0.346 e. The van der Waals surface area contributed by atoms with Crippen LogP contribution in [0.2, 0.25) is 0 Å². The van der Waals surface area contributed by atoms with E-state index in [1.807, 2.05) is 18.2 Å². The van der Waals surface area contributed by atoms with Crippen LogP contribution in [0.1, 0.15) is 37.7 Å². The molecular formula is C16H19N3O3. The van der Waals surface area contributed by atoms with E-state index >= 15 is 0 Å². The molecule has 22 heavy (non-hydrogen) atoms. The molecule has 1 saturated carbocycles. The van der Waals surface area contributed by atoms with Crippen molar-refractivity contribution in [2.24, 2.45) is 5.10 Å². The second-order valence-corrected chi connectivity index (χ2v) is 5.68. The molecule has 1 N–H and O–H groups in total. The van der Waals surface area contributed by atoms with Gasteiger partial charge in [-0.15, -0.1) is 5.01 Å². The molecule has 1 saturated heterocycles. The summed E-state index contributed by atoms with van der Waals surface area (Å²) in [7, 11) is 1.57. The van der Waals surface area contributed by atoms with E-state index in [1.165, 1.54) is 6.21 Å². The summed E-state index contributed by atoms with van der Waals surface area (Å²) in [5, 5.41) is 7.85. The van der Waals surface area contributed by atoms with Gasteiger partial charge in [0, 0.05) is 5.56 Å². The summed E-state index contributed by atoms with van der Waals surface area (Å²) in [6.45, 7) is 0. The van der Waals surface area contributed by atoms with Gasteiger partial charge in [0.25, 0.3) is 5.91 Å². The number of para-hydroxylation sites is 1. The molecule has 1 aromatic carbocycles. The number of hydrogen-bond donors (Lipinski definition) is 1. The van der Waals surface area contributed by atoms with E-state index < -0.39 is 11.6 Å². The van der Waals surface area contributed by atoms with Gasteiger partial charge in [0.1, 0.15) is 11.3 Å². The van der Waals surface area contributed by atoms with Crippen molar-refractivity contribution in [2.45, 2.75) is 37.6 Å². The van der Waals surface area contributed by atoms with Crippen molar-refractivity contribution >= 4 is 18.2 Å². The van der Waals surface area contributed by atoms with Gasteiger partial charge < -0.3 is 10.1 Å². The fourth-order valence-corrected chi connectivity index (χ4v) is 3.10. The molecule has 0 bridgehead atoms. The van der Waals surface area contributed by atoms with Gasteiger partial charge in [-0.1, -0.05) is 31.4 Å². The molecule has 1 heterocycles. The van der Waals surface area contributed by atoms with Gasteiger partial charge in [-0.25, -0.2) is 4.79 Å². The fourth-order valence-electron chi connectivity index (χ4n) is 3.10. The average molecular weight is 301 g/mol. The lowest BCUT2D eigenvalue weighted by Gasteiger charge is -2.29. The molecule has 116 valence electrons.